The van der Waals surface area contributed by atoms with Crippen LogP contribution in [0.25, 0.3) is 0 Å². The van der Waals surface area contributed by atoms with Gasteiger partial charge in [0.25, 0.3) is 0 Å². The Kier molecular flexibility index (Phi) is 10.8. The summed E-state index contributed by atoms with van der Waals surface area (Å²) in [4.78, 5) is 28.4. The number of hydrogen-bond acceptors (Lipinski definition) is 4. The van der Waals surface area contributed by atoms with Gasteiger partial charge in [-0.05, 0) is 55.2 Å². The van der Waals surface area contributed by atoms with Crippen molar-refractivity contribution in [3.05, 3.63) is 63.6 Å². The number of nitrogens with one attached hydrogen (secondary N) is 1. The molecule has 0 heterocycles. The number of carbonyl (C=O) groups is 2. The number of carbonyl (C=O) groups excluding carboxylic acids is 2. The number of alkyl halides is 3. The van der Waals surface area contributed by atoms with Crippen molar-refractivity contribution in [3.63, 3.8) is 0 Å². The number of amides is 2. The molecule has 0 saturated heterocycles. The summed E-state index contributed by atoms with van der Waals surface area (Å²) in [6, 6.07) is 8.26. The molecule has 1 aliphatic rings. The minimum atomic E-state index is -4.84. The van der Waals surface area contributed by atoms with Crippen LogP contribution in [0.2, 0.25) is 10.0 Å². The van der Waals surface area contributed by atoms with E-state index in [-0.39, 0.29) is 30.6 Å². The van der Waals surface area contributed by atoms with E-state index in [0.717, 1.165) is 50.5 Å². The summed E-state index contributed by atoms with van der Waals surface area (Å²) in [5.74, 6) is -1.12. The second kappa shape index (κ2) is 13.4. The predicted octanol–water partition coefficient (Wildman–Crippen LogP) is 6.03. The summed E-state index contributed by atoms with van der Waals surface area (Å²) >= 11 is 11.7. The molecule has 2 amide bonds. The van der Waals surface area contributed by atoms with Crippen LogP contribution in [0.1, 0.15) is 56.6 Å². The molecular weight excluding hydrogens is 590 g/mol. The maximum atomic E-state index is 13.8. The molecule has 1 fully saturated rings. The van der Waals surface area contributed by atoms with E-state index in [0.29, 0.717) is 21.0 Å². The fraction of sp³-hybridized carbons (Fsp3) is 0.481. The summed E-state index contributed by atoms with van der Waals surface area (Å²) in [5, 5.41) is 2.88. The first-order valence-corrected chi connectivity index (χ1v) is 15.5. The Labute approximate surface area is 242 Å². The van der Waals surface area contributed by atoms with Crippen molar-refractivity contribution in [2.45, 2.75) is 70.3 Å². The Morgan fingerprint density at radius 3 is 2.23 bits per heavy atom. The lowest BCUT2D eigenvalue weighted by Gasteiger charge is -2.34. The zero-order chi connectivity index (χ0) is 29.7. The molecule has 0 unspecified atom stereocenters. The highest BCUT2D eigenvalue weighted by Crippen LogP contribution is 2.37. The minimum Gasteiger partial charge on any atom is -0.352 e. The quantitative estimate of drug-likeness (QED) is 0.351. The van der Waals surface area contributed by atoms with Gasteiger partial charge in [0.05, 0.1) is 22.5 Å². The fourth-order valence-corrected chi connectivity index (χ4v) is 5.94. The van der Waals surface area contributed by atoms with Gasteiger partial charge in [-0.3, -0.25) is 13.9 Å². The zero-order valence-corrected chi connectivity index (χ0v) is 24.5. The molecule has 220 valence electrons. The van der Waals surface area contributed by atoms with E-state index >= 15 is 0 Å². The van der Waals surface area contributed by atoms with Crippen LogP contribution in [-0.4, -0.2) is 50.0 Å². The second-order valence-electron chi connectivity index (χ2n) is 9.85. The molecule has 1 saturated carbocycles. The maximum absolute atomic E-state index is 13.8. The summed E-state index contributed by atoms with van der Waals surface area (Å²) in [7, 11) is -4.22. The van der Waals surface area contributed by atoms with E-state index in [2.05, 4.69) is 5.32 Å². The molecule has 13 heteroatoms. The molecule has 1 aliphatic carbocycles. The van der Waals surface area contributed by atoms with Crippen molar-refractivity contribution in [3.8, 4) is 0 Å². The molecule has 1 N–H and O–H groups in total. The van der Waals surface area contributed by atoms with Gasteiger partial charge in [0.2, 0.25) is 21.8 Å². The molecule has 2 aromatic carbocycles. The first-order valence-electron chi connectivity index (χ1n) is 12.9. The molecule has 0 aromatic heterocycles. The van der Waals surface area contributed by atoms with Crippen LogP contribution < -0.4 is 9.62 Å². The third-order valence-electron chi connectivity index (χ3n) is 6.83. The van der Waals surface area contributed by atoms with E-state index in [4.69, 9.17) is 23.2 Å². The molecule has 0 aliphatic heterocycles. The fourth-order valence-electron chi connectivity index (χ4n) is 4.75. The SMILES string of the molecule is CC[C@@H](C(=O)NC1CCCCC1)N(Cc1ccc(Cl)cc1)C(=O)CN(c1ccc(Cl)c(C(F)(F)F)c1)S(C)(=O)=O. The highest BCUT2D eigenvalue weighted by Gasteiger charge is 2.36. The van der Waals surface area contributed by atoms with E-state index < -0.39 is 45.3 Å². The lowest BCUT2D eigenvalue weighted by molar-refractivity contribution is -0.140. The van der Waals surface area contributed by atoms with Crippen molar-refractivity contribution < 1.29 is 31.2 Å². The molecule has 0 spiro atoms. The number of anilines is 1. The van der Waals surface area contributed by atoms with Gasteiger partial charge in [-0.2, -0.15) is 13.2 Å². The third-order valence-corrected chi connectivity index (χ3v) is 8.55. The Hall–Kier alpha value is -2.50. The zero-order valence-electron chi connectivity index (χ0n) is 22.2. The monoisotopic (exact) mass is 621 g/mol. The Morgan fingerprint density at radius 2 is 1.68 bits per heavy atom. The largest absolute Gasteiger partial charge is 0.417 e. The minimum absolute atomic E-state index is 0.0230. The van der Waals surface area contributed by atoms with Crippen LogP contribution >= 0.6 is 23.2 Å². The highest BCUT2D eigenvalue weighted by atomic mass is 35.5. The smallest absolute Gasteiger partial charge is 0.352 e. The second-order valence-corrected chi connectivity index (χ2v) is 12.6. The van der Waals surface area contributed by atoms with Gasteiger partial charge in [-0.25, -0.2) is 8.42 Å². The van der Waals surface area contributed by atoms with Crippen LogP contribution in [-0.2, 0) is 32.3 Å². The van der Waals surface area contributed by atoms with Crippen molar-refractivity contribution in [2.75, 3.05) is 17.1 Å². The van der Waals surface area contributed by atoms with E-state index in [1.165, 1.54) is 4.90 Å². The van der Waals surface area contributed by atoms with Crippen molar-refractivity contribution in [1.29, 1.82) is 0 Å². The number of rotatable bonds is 10. The molecule has 40 heavy (non-hydrogen) atoms. The standard InChI is InChI=1S/C27H32Cl2F3N3O4S/c1-3-24(26(37)33-20-7-5-4-6-8-20)34(16-18-9-11-19(28)12-10-18)25(36)17-35(40(2,38)39)21-13-14-23(29)22(15-21)27(30,31)32/h9-15,20,24H,3-8,16-17H2,1-2H3,(H,33,37)/t24-/m0/s1. The molecule has 0 bridgehead atoms. The Morgan fingerprint density at radius 1 is 1.05 bits per heavy atom. The van der Waals surface area contributed by atoms with Crippen molar-refractivity contribution in [1.82, 2.24) is 10.2 Å². The number of hydrogen-bond donors (Lipinski definition) is 1. The van der Waals surface area contributed by atoms with Crippen molar-refractivity contribution >= 4 is 50.7 Å². The normalized spacial score (nSPS) is 15.4. The first kappa shape index (κ1) is 32.0. The third kappa shape index (κ3) is 8.50. The molecule has 7 nitrogen and oxygen atoms in total. The average Bonchev–Trinajstić information content (AvgIpc) is 2.88. The van der Waals surface area contributed by atoms with Crippen LogP contribution in [0, 0.1) is 0 Å². The molecule has 3 rings (SSSR count). The van der Waals surface area contributed by atoms with Gasteiger partial charge in [0, 0.05) is 17.6 Å². The van der Waals surface area contributed by atoms with Gasteiger partial charge in [-0.15, -0.1) is 0 Å². The molecular formula is C27H32Cl2F3N3O4S. The first-order chi connectivity index (χ1) is 18.7. The molecule has 1 atom stereocenters. The highest BCUT2D eigenvalue weighted by molar-refractivity contribution is 7.92. The number of nitrogens with zero attached hydrogens (tertiary/aromatic N) is 2. The van der Waals surface area contributed by atoms with Gasteiger partial charge in [0.15, 0.2) is 0 Å². The van der Waals surface area contributed by atoms with Gasteiger partial charge >= 0.3 is 6.18 Å². The van der Waals surface area contributed by atoms with Gasteiger partial charge in [-0.1, -0.05) is 61.5 Å². The predicted molar refractivity (Wildman–Crippen MR) is 150 cm³/mol. The summed E-state index contributed by atoms with van der Waals surface area (Å²) < 4.78 is 66.5. The van der Waals surface area contributed by atoms with Crippen molar-refractivity contribution in [2.24, 2.45) is 0 Å². The van der Waals surface area contributed by atoms with E-state index in [1.54, 1.807) is 31.2 Å². The summed E-state index contributed by atoms with van der Waals surface area (Å²) in [6.07, 6.45) is 0.895. The molecule has 2 aromatic rings. The lowest BCUT2D eigenvalue weighted by atomic mass is 9.95. The number of sulfonamides is 1. The van der Waals surface area contributed by atoms with Crippen LogP contribution in [0.5, 0.6) is 0 Å². The summed E-state index contributed by atoms with van der Waals surface area (Å²) in [5.41, 5.74) is -0.971. The van der Waals surface area contributed by atoms with Crippen LogP contribution in [0.3, 0.4) is 0 Å². The Bertz CT molecular complexity index is 1300. The molecule has 0 radical (unpaired) electrons. The van der Waals surface area contributed by atoms with E-state index in [1.807, 2.05) is 0 Å². The maximum Gasteiger partial charge on any atom is 0.417 e. The number of benzene rings is 2. The Balaban J connectivity index is 1.96. The topological polar surface area (TPSA) is 86.8 Å². The van der Waals surface area contributed by atoms with Gasteiger partial charge in [0.1, 0.15) is 12.6 Å². The van der Waals surface area contributed by atoms with Crippen LogP contribution in [0.15, 0.2) is 42.5 Å². The van der Waals surface area contributed by atoms with E-state index in [9.17, 15) is 31.2 Å². The van der Waals surface area contributed by atoms with Gasteiger partial charge < -0.3 is 10.2 Å². The summed E-state index contributed by atoms with van der Waals surface area (Å²) in [6.45, 7) is 0.869. The van der Waals surface area contributed by atoms with Crippen LogP contribution in [0.4, 0.5) is 18.9 Å². The number of halogens is 5. The average molecular weight is 623 g/mol. The lowest BCUT2D eigenvalue weighted by Crippen LogP contribution is -2.53.